The molecule has 0 spiro atoms. The van der Waals surface area contributed by atoms with Crippen molar-refractivity contribution in [2.45, 2.75) is 52.6 Å². The van der Waals surface area contributed by atoms with E-state index in [0.717, 1.165) is 42.8 Å². The molecule has 1 unspecified atom stereocenters. The molecule has 0 radical (unpaired) electrons. The second kappa shape index (κ2) is 9.59. The number of carbonyl (C=O) groups excluding carboxylic acids is 2. The van der Waals surface area contributed by atoms with Crippen LogP contribution in [0.1, 0.15) is 54.1 Å². The Morgan fingerprint density at radius 3 is 2.24 bits per heavy atom. The predicted molar refractivity (Wildman–Crippen MR) is 115 cm³/mol. The van der Waals surface area contributed by atoms with E-state index in [1.165, 1.54) is 12.8 Å². The van der Waals surface area contributed by atoms with Gasteiger partial charge >= 0.3 is 0 Å². The van der Waals surface area contributed by atoms with Gasteiger partial charge in [0, 0.05) is 24.3 Å². The van der Waals surface area contributed by atoms with Gasteiger partial charge in [0.25, 0.3) is 11.8 Å². The van der Waals surface area contributed by atoms with Gasteiger partial charge in [0.2, 0.25) is 0 Å². The summed E-state index contributed by atoms with van der Waals surface area (Å²) in [5.74, 6) is 0.523. The van der Waals surface area contributed by atoms with Crippen molar-refractivity contribution in [3.05, 3.63) is 59.2 Å². The number of rotatable bonds is 5. The highest BCUT2D eigenvalue weighted by atomic mass is 16.5. The van der Waals surface area contributed by atoms with E-state index in [4.69, 9.17) is 4.74 Å². The van der Waals surface area contributed by atoms with Crippen molar-refractivity contribution in [2.75, 3.05) is 18.4 Å². The highest BCUT2D eigenvalue weighted by Gasteiger charge is 2.20. The largest absolute Gasteiger partial charge is 0.480 e. The summed E-state index contributed by atoms with van der Waals surface area (Å²) < 4.78 is 5.91. The summed E-state index contributed by atoms with van der Waals surface area (Å²) in [4.78, 5) is 27.4. The number of hydrogen-bond acceptors (Lipinski definition) is 3. The number of nitrogens with zero attached hydrogens (tertiary/aromatic N) is 1. The SMILES string of the molecule is Cc1cccc(C)c1OC(C)C(=O)Nc1cccc(C(=O)N2CCCCCC2)c1. The van der Waals surface area contributed by atoms with Crippen LogP contribution < -0.4 is 10.1 Å². The molecule has 1 fully saturated rings. The van der Waals surface area contributed by atoms with Gasteiger partial charge < -0.3 is 15.0 Å². The van der Waals surface area contributed by atoms with Crippen molar-refractivity contribution in [1.29, 1.82) is 0 Å². The summed E-state index contributed by atoms with van der Waals surface area (Å²) in [6.45, 7) is 7.26. The molecule has 0 bridgehead atoms. The average molecular weight is 395 g/mol. The molecule has 2 aromatic rings. The number of para-hydroxylation sites is 1. The number of amides is 2. The minimum absolute atomic E-state index is 0.0304. The Kier molecular flexibility index (Phi) is 6.91. The van der Waals surface area contributed by atoms with Crippen LogP contribution in [0.15, 0.2) is 42.5 Å². The molecule has 3 rings (SSSR count). The smallest absolute Gasteiger partial charge is 0.265 e. The van der Waals surface area contributed by atoms with Crippen LogP contribution in [0, 0.1) is 13.8 Å². The zero-order valence-electron chi connectivity index (χ0n) is 17.5. The number of hydrogen-bond donors (Lipinski definition) is 1. The Labute approximate surface area is 173 Å². The van der Waals surface area contributed by atoms with Crippen LogP contribution in [-0.2, 0) is 4.79 Å². The molecular formula is C24H30N2O3. The van der Waals surface area contributed by atoms with Gasteiger partial charge in [-0.25, -0.2) is 0 Å². The zero-order chi connectivity index (χ0) is 20.8. The molecule has 5 nitrogen and oxygen atoms in total. The van der Waals surface area contributed by atoms with E-state index in [0.29, 0.717) is 11.3 Å². The molecule has 2 amide bonds. The highest BCUT2D eigenvalue weighted by molar-refractivity contribution is 5.98. The first-order valence-corrected chi connectivity index (χ1v) is 10.4. The number of nitrogens with one attached hydrogen (secondary N) is 1. The summed E-state index contributed by atoms with van der Waals surface area (Å²) in [6.07, 6.45) is 3.81. The number of anilines is 1. The standard InChI is InChI=1S/C24H30N2O3/c1-17-10-8-11-18(2)22(17)29-19(3)23(27)25-21-13-9-12-20(16-21)24(28)26-14-6-4-5-7-15-26/h8-13,16,19H,4-7,14-15H2,1-3H3,(H,25,27). The fraction of sp³-hybridized carbons (Fsp3) is 0.417. The number of ether oxygens (including phenoxy) is 1. The minimum Gasteiger partial charge on any atom is -0.480 e. The molecule has 1 aliphatic heterocycles. The lowest BCUT2D eigenvalue weighted by Crippen LogP contribution is -2.32. The molecular weight excluding hydrogens is 364 g/mol. The molecule has 0 aromatic heterocycles. The first-order chi connectivity index (χ1) is 14.0. The Morgan fingerprint density at radius 1 is 0.966 bits per heavy atom. The highest BCUT2D eigenvalue weighted by Crippen LogP contribution is 2.24. The second-order valence-corrected chi connectivity index (χ2v) is 7.76. The fourth-order valence-electron chi connectivity index (χ4n) is 3.65. The van der Waals surface area contributed by atoms with E-state index in [-0.39, 0.29) is 11.8 Å². The molecule has 154 valence electrons. The predicted octanol–water partition coefficient (Wildman–Crippen LogP) is 4.73. The van der Waals surface area contributed by atoms with Crippen LogP contribution in [0.5, 0.6) is 5.75 Å². The first kappa shape index (κ1) is 20.9. The van der Waals surface area contributed by atoms with Gasteiger partial charge in [0.1, 0.15) is 5.75 Å². The molecule has 1 aliphatic rings. The lowest BCUT2D eigenvalue weighted by molar-refractivity contribution is -0.122. The lowest BCUT2D eigenvalue weighted by Gasteiger charge is -2.21. The summed E-state index contributed by atoms with van der Waals surface area (Å²) >= 11 is 0. The lowest BCUT2D eigenvalue weighted by atomic mass is 10.1. The van der Waals surface area contributed by atoms with E-state index in [1.54, 1.807) is 31.2 Å². The average Bonchev–Trinajstić information content (AvgIpc) is 3.00. The van der Waals surface area contributed by atoms with Gasteiger partial charge in [0.05, 0.1) is 0 Å². The second-order valence-electron chi connectivity index (χ2n) is 7.76. The molecule has 0 aliphatic carbocycles. The van der Waals surface area contributed by atoms with Crippen LogP contribution in [0.2, 0.25) is 0 Å². The van der Waals surface area contributed by atoms with Gasteiger partial charge in [-0.3, -0.25) is 9.59 Å². The van der Waals surface area contributed by atoms with E-state index < -0.39 is 6.10 Å². The maximum absolute atomic E-state index is 12.8. The zero-order valence-corrected chi connectivity index (χ0v) is 17.5. The quantitative estimate of drug-likeness (QED) is 0.798. The van der Waals surface area contributed by atoms with Gasteiger partial charge in [-0.15, -0.1) is 0 Å². The number of aryl methyl sites for hydroxylation is 2. The molecule has 29 heavy (non-hydrogen) atoms. The van der Waals surface area contributed by atoms with Crippen LogP contribution in [0.4, 0.5) is 5.69 Å². The molecule has 0 saturated carbocycles. The molecule has 1 heterocycles. The van der Waals surface area contributed by atoms with E-state index in [1.807, 2.05) is 36.9 Å². The third-order valence-electron chi connectivity index (χ3n) is 5.34. The Balaban J connectivity index is 1.66. The molecule has 1 saturated heterocycles. The van der Waals surface area contributed by atoms with E-state index >= 15 is 0 Å². The van der Waals surface area contributed by atoms with Gasteiger partial charge in [-0.2, -0.15) is 0 Å². The Hall–Kier alpha value is -2.82. The van der Waals surface area contributed by atoms with Crippen LogP contribution in [0.25, 0.3) is 0 Å². The van der Waals surface area contributed by atoms with Crippen molar-refractivity contribution in [1.82, 2.24) is 4.90 Å². The summed E-state index contributed by atoms with van der Waals surface area (Å²) in [5, 5.41) is 2.88. The molecule has 2 aromatic carbocycles. The molecule has 1 atom stereocenters. The van der Waals surface area contributed by atoms with Gasteiger partial charge in [0.15, 0.2) is 6.10 Å². The van der Waals surface area contributed by atoms with E-state index in [9.17, 15) is 9.59 Å². The third-order valence-corrected chi connectivity index (χ3v) is 5.34. The number of benzene rings is 2. The van der Waals surface area contributed by atoms with Crippen LogP contribution in [-0.4, -0.2) is 35.9 Å². The maximum Gasteiger partial charge on any atom is 0.265 e. The third kappa shape index (κ3) is 5.37. The van der Waals surface area contributed by atoms with E-state index in [2.05, 4.69) is 5.32 Å². The summed E-state index contributed by atoms with van der Waals surface area (Å²) in [5.41, 5.74) is 3.20. The topological polar surface area (TPSA) is 58.6 Å². The molecule has 1 N–H and O–H groups in total. The number of carbonyl (C=O) groups is 2. The van der Waals surface area contributed by atoms with Gasteiger partial charge in [-0.1, -0.05) is 37.1 Å². The van der Waals surface area contributed by atoms with Crippen LogP contribution >= 0.6 is 0 Å². The minimum atomic E-state index is -0.653. The Morgan fingerprint density at radius 2 is 1.59 bits per heavy atom. The summed E-state index contributed by atoms with van der Waals surface area (Å²) in [6, 6.07) is 13.0. The van der Waals surface area contributed by atoms with Crippen molar-refractivity contribution < 1.29 is 14.3 Å². The monoisotopic (exact) mass is 394 g/mol. The van der Waals surface area contributed by atoms with Crippen molar-refractivity contribution in [3.63, 3.8) is 0 Å². The molecule has 5 heteroatoms. The normalized spacial score (nSPS) is 15.3. The van der Waals surface area contributed by atoms with Gasteiger partial charge in [-0.05, 0) is 62.9 Å². The van der Waals surface area contributed by atoms with Crippen LogP contribution in [0.3, 0.4) is 0 Å². The van der Waals surface area contributed by atoms with Crippen molar-refractivity contribution >= 4 is 17.5 Å². The fourth-order valence-corrected chi connectivity index (χ4v) is 3.65. The first-order valence-electron chi connectivity index (χ1n) is 10.4. The van der Waals surface area contributed by atoms with Crippen molar-refractivity contribution in [2.24, 2.45) is 0 Å². The van der Waals surface area contributed by atoms with Crippen molar-refractivity contribution in [3.8, 4) is 5.75 Å². The summed E-state index contributed by atoms with van der Waals surface area (Å²) in [7, 11) is 0. The maximum atomic E-state index is 12.8. The number of likely N-dealkylation sites (tertiary alicyclic amines) is 1. The Bertz CT molecular complexity index is 850.